The van der Waals surface area contributed by atoms with Gasteiger partial charge in [0.25, 0.3) is 5.56 Å². The molecule has 1 aliphatic heterocycles. The van der Waals surface area contributed by atoms with Gasteiger partial charge in [-0.1, -0.05) is 6.07 Å². The maximum absolute atomic E-state index is 13.2. The number of hydrogen-bond acceptors (Lipinski definition) is 6. The molecule has 33 heavy (non-hydrogen) atoms. The van der Waals surface area contributed by atoms with Crippen LogP contribution >= 0.6 is 0 Å². The van der Waals surface area contributed by atoms with Crippen LogP contribution in [0.25, 0.3) is 27.7 Å². The molecule has 6 rings (SSSR count). The number of nitrogens with one attached hydrogen (secondary N) is 2. The number of nitrogens with zero attached hydrogens (tertiary/aromatic N) is 6. The van der Waals surface area contributed by atoms with Crippen molar-refractivity contribution in [1.29, 1.82) is 0 Å². The molecule has 0 aliphatic carbocycles. The van der Waals surface area contributed by atoms with Gasteiger partial charge < -0.3 is 9.88 Å². The van der Waals surface area contributed by atoms with E-state index in [4.69, 9.17) is 5.10 Å². The number of fused-ring (bicyclic) bond motifs is 2. The second-order valence-electron chi connectivity index (χ2n) is 8.63. The van der Waals surface area contributed by atoms with Gasteiger partial charge in [0.2, 0.25) is 0 Å². The molecule has 9 heteroatoms. The van der Waals surface area contributed by atoms with Gasteiger partial charge in [-0.15, -0.1) is 0 Å². The fourth-order valence-corrected chi connectivity index (χ4v) is 4.72. The predicted octanol–water partition coefficient (Wildman–Crippen LogP) is 2.65. The molecular formula is C24H24N8O. The van der Waals surface area contributed by atoms with Crippen LogP contribution in [-0.4, -0.2) is 47.4 Å². The molecule has 0 spiro atoms. The Morgan fingerprint density at radius 1 is 1.15 bits per heavy atom. The molecule has 0 bridgehead atoms. The van der Waals surface area contributed by atoms with Crippen molar-refractivity contribution in [2.24, 2.45) is 0 Å². The summed E-state index contributed by atoms with van der Waals surface area (Å²) in [5.41, 5.74) is 4.55. The van der Waals surface area contributed by atoms with Gasteiger partial charge >= 0.3 is 0 Å². The van der Waals surface area contributed by atoms with E-state index in [2.05, 4.69) is 25.5 Å². The minimum Gasteiger partial charge on any atom is -0.317 e. The van der Waals surface area contributed by atoms with Crippen LogP contribution in [0.2, 0.25) is 0 Å². The van der Waals surface area contributed by atoms with Crippen molar-refractivity contribution >= 4 is 16.4 Å². The van der Waals surface area contributed by atoms with Crippen molar-refractivity contribution in [1.82, 2.24) is 39.7 Å². The Morgan fingerprint density at radius 3 is 2.85 bits per heavy atom. The summed E-state index contributed by atoms with van der Waals surface area (Å²) in [6.45, 7) is 3.86. The summed E-state index contributed by atoms with van der Waals surface area (Å²) >= 11 is 0. The predicted molar refractivity (Wildman–Crippen MR) is 125 cm³/mol. The highest BCUT2D eigenvalue weighted by molar-refractivity contribution is 5.86. The summed E-state index contributed by atoms with van der Waals surface area (Å²) in [6.07, 6.45) is 7.89. The number of aromatic nitrogens is 7. The number of pyridine rings is 1. The monoisotopic (exact) mass is 440 g/mol. The molecule has 1 fully saturated rings. The smallest absolute Gasteiger partial charge is 0.258 e. The minimum atomic E-state index is 0.0746. The third kappa shape index (κ3) is 3.60. The highest BCUT2D eigenvalue weighted by Crippen LogP contribution is 2.26. The molecule has 1 aliphatic rings. The summed E-state index contributed by atoms with van der Waals surface area (Å²) < 4.78 is 3.71. The van der Waals surface area contributed by atoms with E-state index in [-0.39, 0.29) is 11.6 Å². The second kappa shape index (κ2) is 7.93. The Hall–Kier alpha value is -3.85. The Morgan fingerprint density at radius 2 is 2.03 bits per heavy atom. The number of benzene rings is 1. The molecule has 0 radical (unpaired) electrons. The molecule has 0 atom stereocenters. The minimum absolute atomic E-state index is 0.0746. The molecule has 0 saturated carbocycles. The van der Waals surface area contributed by atoms with Gasteiger partial charge in [-0.3, -0.25) is 9.89 Å². The first-order chi connectivity index (χ1) is 16.2. The van der Waals surface area contributed by atoms with E-state index in [1.807, 2.05) is 58.7 Å². The number of hydrogen-bond donors (Lipinski definition) is 2. The molecular weight excluding hydrogens is 416 g/mol. The van der Waals surface area contributed by atoms with E-state index in [0.29, 0.717) is 6.42 Å². The molecule has 2 N–H and O–H groups in total. The average Bonchev–Trinajstić information content (AvgIpc) is 3.48. The molecule has 1 aromatic carbocycles. The average molecular weight is 441 g/mol. The number of rotatable bonds is 4. The first kappa shape index (κ1) is 19.8. The summed E-state index contributed by atoms with van der Waals surface area (Å²) in [7, 11) is 0. The van der Waals surface area contributed by atoms with Crippen LogP contribution in [-0.2, 0) is 6.42 Å². The van der Waals surface area contributed by atoms with Crippen LogP contribution in [0.1, 0.15) is 36.0 Å². The number of aromatic amines is 1. The maximum atomic E-state index is 13.2. The van der Waals surface area contributed by atoms with E-state index >= 15 is 0 Å². The van der Waals surface area contributed by atoms with Gasteiger partial charge in [0.1, 0.15) is 12.2 Å². The third-order valence-electron chi connectivity index (χ3n) is 6.37. The Kier molecular flexibility index (Phi) is 4.76. The molecule has 1 saturated heterocycles. The number of aryl methyl sites for hydroxylation is 1. The van der Waals surface area contributed by atoms with E-state index < -0.39 is 0 Å². The molecule has 5 aromatic rings. The molecule has 0 unspecified atom stereocenters. The second-order valence-corrected chi connectivity index (χ2v) is 8.63. The molecule has 4 aromatic heterocycles. The summed E-state index contributed by atoms with van der Waals surface area (Å²) in [5.74, 6) is 0.770. The van der Waals surface area contributed by atoms with Gasteiger partial charge in [0.15, 0.2) is 5.65 Å². The topological polar surface area (TPSA) is 106 Å². The lowest BCUT2D eigenvalue weighted by Gasteiger charge is -2.25. The zero-order chi connectivity index (χ0) is 22.4. The largest absolute Gasteiger partial charge is 0.317 e. The number of imidazole rings is 1. The van der Waals surface area contributed by atoms with Crippen LogP contribution in [0.3, 0.4) is 0 Å². The van der Waals surface area contributed by atoms with Crippen LogP contribution in [0.5, 0.6) is 0 Å². The number of piperidine rings is 1. The van der Waals surface area contributed by atoms with Gasteiger partial charge in [0.05, 0.1) is 17.6 Å². The highest BCUT2D eigenvalue weighted by Gasteiger charge is 2.17. The lowest BCUT2D eigenvalue weighted by Crippen LogP contribution is -2.34. The zero-order valence-corrected chi connectivity index (χ0v) is 18.3. The van der Waals surface area contributed by atoms with E-state index in [1.54, 1.807) is 0 Å². The highest BCUT2D eigenvalue weighted by atomic mass is 16.1. The van der Waals surface area contributed by atoms with E-state index in [0.717, 1.165) is 70.7 Å². The molecule has 0 amide bonds. The zero-order valence-electron chi connectivity index (χ0n) is 18.3. The lowest BCUT2D eigenvalue weighted by atomic mass is 10.0. The first-order valence-corrected chi connectivity index (χ1v) is 11.2. The van der Waals surface area contributed by atoms with Gasteiger partial charge in [-0.05, 0) is 62.5 Å². The van der Waals surface area contributed by atoms with E-state index in [1.165, 1.54) is 6.33 Å². The fourth-order valence-electron chi connectivity index (χ4n) is 4.72. The fraction of sp³-hybridized carbons (Fsp3) is 0.292. The first-order valence-electron chi connectivity index (χ1n) is 11.2. The van der Waals surface area contributed by atoms with Crippen molar-refractivity contribution in [3.05, 3.63) is 76.5 Å². The van der Waals surface area contributed by atoms with Crippen molar-refractivity contribution in [2.75, 3.05) is 13.1 Å². The van der Waals surface area contributed by atoms with Crippen molar-refractivity contribution in [2.45, 2.75) is 32.2 Å². The van der Waals surface area contributed by atoms with Gasteiger partial charge in [-0.25, -0.2) is 14.5 Å². The van der Waals surface area contributed by atoms with E-state index in [9.17, 15) is 4.79 Å². The molecule has 166 valence electrons. The SMILES string of the molecule is Cc1cn2nc(-c3ccc4c(=O)n(C5CCNCC5)ccc4c3)cc(Cc3ncn[nH]3)c2n1. The van der Waals surface area contributed by atoms with Crippen molar-refractivity contribution in [3.63, 3.8) is 0 Å². The van der Waals surface area contributed by atoms with Crippen LogP contribution in [0.4, 0.5) is 0 Å². The molecule has 5 heterocycles. The summed E-state index contributed by atoms with van der Waals surface area (Å²) in [4.78, 5) is 22.1. The Labute approximate surface area is 189 Å². The summed E-state index contributed by atoms with van der Waals surface area (Å²) in [6, 6.07) is 10.3. The molecule has 9 nitrogen and oxygen atoms in total. The van der Waals surface area contributed by atoms with Crippen LogP contribution in [0, 0.1) is 6.92 Å². The summed E-state index contributed by atoms with van der Waals surface area (Å²) in [5, 5.41) is 16.7. The van der Waals surface area contributed by atoms with Crippen molar-refractivity contribution in [3.8, 4) is 11.3 Å². The number of H-pyrrole nitrogens is 1. The van der Waals surface area contributed by atoms with Crippen LogP contribution in [0.15, 0.2) is 53.8 Å². The standard InChI is InChI=1S/C24H24N8O/c1-15-13-32-23(28-15)18(12-22-26-14-27-29-22)11-21(30-32)17-2-3-20-16(10-17)6-9-31(24(20)33)19-4-7-25-8-5-19/h2-3,6,9-11,13-14,19,25H,4-5,7-8,12H2,1H3,(H,26,27,29). The van der Waals surface area contributed by atoms with Gasteiger partial charge in [0, 0.05) is 35.2 Å². The lowest BCUT2D eigenvalue weighted by molar-refractivity contribution is 0.362. The Bertz CT molecular complexity index is 1510. The normalized spacial score (nSPS) is 14.9. The Balaban J connectivity index is 1.43. The third-order valence-corrected chi connectivity index (χ3v) is 6.37. The maximum Gasteiger partial charge on any atom is 0.258 e. The van der Waals surface area contributed by atoms with Gasteiger partial charge in [-0.2, -0.15) is 10.2 Å². The quantitative estimate of drug-likeness (QED) is 0.445. The van der Waals surface area contributed by atoms with Crippen LogP contribution < -0.4 is 10.9 Å². The van der Waals surface area contributed by atoms with Crippen molar-refractivity contribution < 1.29 is 0 Å².